The number of rotatable bonds is 5. The molecule has 0 aliphatic carbocycles. The van der Waals surface area contributed by atoms with Crippen LogP contribution in [0.2, 0.25) is 0 Å². The zero-order valence-electron chi connectivity index (χ0n) is 14.7. The Balaban J connectivity index is 1.53. The Bertz CT molecular complexity index is 775. The summed E-state index contributed by atoms with van der Waals surface area (Å²) in [6, 6.07) is 15.4. The molecule has 1 aliphatic heterocycles. The van der Waals surface area contributed by atoms with Crippen LogP contribution in [0.15, 0.2) is 53.0 Å². The molecule has 1 N–H and O–H groups in total. The first-order chi connectivity index (χ1) is 12.5. The van der Waals surface area contributed by atoms with Crippen molar-refractivity contribution in [3.05, 3.63) is 64.1 Å². The van der Waals surface area contributed by atoms with Crippen molar-refractivity contribution >= 4 is 33.6 Å². The third-order valence-electron chi connectivity index (χ3n) is 4.43. The minimum Gasteiger partial charge on any atom is -0.338 e. The molecule has 136 valence electrons. The molecule has 5 nitrogen and oxygen atoms in total. The van der Waals surface area contributed by atoms with Gasteiger partial charge in [-0.25, -0.2) is 4.79 Å². The Kier molecular flexibility index (Phi) is 5.93. The summed E-state index contributed by atoms with van der Waals surface area (Å²) in [6.45, 7) is 2.00. The predicted molar refractivity (Wildman–Crippen MR) is 106 cm³/mol. The highest BCUT2D eigenvalue weighted by atomic mass is 79.9. The minimum atomic E-state index is -0.157. The summed E-state index contributed by atoms with van der Waals surface area (Å²) in [5.41, 5.74) is 2.88. The molecule has 0 spiro atoms. The van der Waals surface area contributed by atoms with Gasteiger partial charge in [0.1, 0.15) is 0 Å². The van der Waals surface area contributed by atoms with E-state index in [0.29, 0.717) is 19.5 Å². The number of halogens is 1. The second-order valence-corrected chi connectivity index (χ2v) is 7.44. The van der Waals surface area contributed by atoms with Gasteiger partial charge in [-0.2, -0.15) is 0 Å². The first kappa shape index (κ1) is 18.5. The highest BCUT2D eigenvalue weighted by molar-refractivity contribution is 9.10. The van der Waals surface area contributed by atoms with E-state index in [2.05, 4.69) is 21.2 Å². The number of urea groups is 1. The number of carbonyl (C=O) groups is 2. The fourth-order valence-electron chi connectivity index (χ4n) is 2.94. The molecule has 1 aliphatic rings. The Hall–Kier alpha value is -2.34. The molecule has 1 fully saturated rings. The second-order valence-electron chi connectivity index (χ2n) is 6.53. The molecule has 0 bridgehead atoms. The highest BCUT2D eigenvalue weighted by Gasteiger charge is 2.19. The summed E-state index contributed by atoms with van der Waals surface area (Å²) >= 11 is 3.41. The summed E-state index contributed by atoms with van der Waals surface area (Å²) in [7, 11) is 1.77. The van der Waals surface area contributed by atoms with Gasteiger partial charge < -0.3 is 15.1 Å². The highest BCUT2D eigenvalue weighted by Crippen LogP contribution is 2.17. The van der Waals surface area contributed by atoms with Gasteiger partial charge in [-0.15, -0.1) is 0 Å². The van der Waals surface area contributed by atoms with Crippen LogP contribution in [0.5, 0.6) is 0 Å². The molecule has 0 atom stereocenters. The molecule has 0 unspecified atom stereocenters. The zero-order valence-corrected chi connectivity index (χ0v) is 16.3. The molecule has 3 amide bonds. The average Bonchev–Trinajstić information content (AvgIpc) is 3.03. The molecule has 0 saturated carbocycles. The van der Waals surface area contributed by atoms with Crippen molar-refractivity contribution in [1.82, 2.24) is 9.80 Å². The number of anilines is 1. The zero-order chi connectivity index (χ0) is 18.5. The molecule has 6 heteroatoms. The maximum Gasteiger partial charge on any atom is 0.321 e. The molecule has 0 aromatic heterocycles. The van der Waals surface area contributed by atoms with E-state index in [4.69, 9.17) is 0 Å². The lowest BCUT2D eigenvalue weighted by Crippen LogP contribution is -2.30. The molecular formula is C20H22BrN3O2. The van der Waals surface area contributed by atoms with E-state index in [1.807, 2.05) is 53.4 Å². The summed E-state index contributed by atoms with van der Waals surface area (Å²) in [4.78, 5) is 27.6. The van der Waals surface area contributed by atoms with Gasteiger partial charge in [0.2, 0.25) is 5.91 Å². The first-order valence-corrected chi connectivity index (χ1v) is 9.44. The Labute approximate surface area is 162 Å². The second kappa shape index (κ2) is 8.36. The van der Waals surface area contributed by atoms with Gasteiger partial charge in [-0.3, -0.25) is 4.79 Å². The lowest BCUT2D eigenvalue weighted by molar-refractivity contribution is -0.128. The third kappa shape index (κ3) is 4.85. The fourth-order valence-corrected chi connectivity index (χ4v) is 3.20. The summed E-state index contributed by atoms with van der Waals surface area (Å²) in [5.74, 6) is 0.219. The molecule has 0 radical (unpaired) electrons. The number of hydrogen-bond donors (Lipinski definition) is 1. The molecule has 26 heavy (non-hydrogen) atoms. The van der Waals surface area contributed by atoms with Crippen molar-refractivity contribution in [2.45, 2.75) is 25.9 Å². The van der Waals surface area contributed by atoms with Gasteiger partial charge in [0, 0.05) is 43.3 Å². The van der Waals surface area contributed by atoms with Crippen LogP contribution < -0.4 is 5.32 Å². The number of hydrogen-bond acceptors (Lipinski definition) is 2. The third-order valence-corrected chi connectivity index (χ3v) is 4.96. The van der Waals surface area contributed by atoms with Crippen molar-refractivity contribution in [2.75, 3.05) is 18.9 Å². The smallest absolute Gasteiger partial charge is 0.321 e. The summed E-state index contributed by atoms with van der Waals surface area (Å²) in [5, 5.41) is 2.90. The number of nitrogens with zero attached hydrogens (tertiary/aromatic N) is 2. The van der Waals surface area contributed by atoms with Crippen LogP contribution in [-0.4, -0.2) is 35.3 Å². The standard InChI is InChI=1S/C20H22BrN3O2/c1-23(13-15-4-8-17(21)9-5-15)20(26)22-18-10-6-16(7-11-18)14-24-12-2-3-19(24)25/h4-11H,2-3,12-14H2,1H3,(H,22,26). The van der Waals surface area contributed by atoms with Crippen LogP contribution in [0.1, 0.15) is 24.0 Å². The monoisotopic (exact) mass is 415 g/mol. The number of amides is 3. The quantitative estimate of drug-likeness (QED) is 0.793. The Morgan fingerprint density at radius 2 is 1.77 bits per heavy atom. The van der Waals surface area contributed by atoms with E-state index < -0.39 is 0 Å². The van der Waals surface area contributed by atoms with E-state index >= 15 is 0 Å². The van der Waals surface area contributed by atoms with Crippen molar-refractivity contribution < 1.29 is 9.59 Å². The molecule has 2 aromatic rings. The normalized spacial score (nSPS) is 13.8. The van der Waals surface area contributed by atoms with Crippen molar-refractivity contribution in [3.63, 3.8) is 0 Å². The van der Waals surface area contributed by atoms with E-state index in [1.165, 1.54) is 0 Å². The van der Waals surface area contributed by atoms with Gasteiger partial charge in [0.05, 0.1) is 0 Å². The van der Waals surface area contributed by atoms with E-state index in [9.17, 15) is 9.59 Å². The van der Waals surface area contributed by atoms with E-state index in [0.717, 1.165) is 34.3 Å². The SMILES string of the molecule is CN(Cc1ccc(Br)cc1)C(=O)Nc1ccc(CN2CCCC2=O)cc1. The van der Waals surface area contributed by atoms with Crippen LogP contribution in [0.25, 0.3) is 0 Å². The van der Waals surface area contributed by atoms with Gasteiger partial charge in [0.15, 0.2) is 0 Å². The molecular weight excluding hydrogens is 394 g/mol. The van der Waals surface area contributed by atoms with Crippen LogP contribution in [0.3, 0.4) is 0 Å². The van der Waals surface area contributed by atoms with Gasteiger partial charge in [-0.1, -0.05) is 40.2 Å². The summed E-state index contributed by atoms with van der Waals surface area (Å²) in [6.07, 6.45) is 1.59. The predicted octanol–water partition coefficient (Wildman–Crippen LogP) is 4.24. The van der Waals surface area contributed by atoms with Crippen LogP contribution >= 0.6 is 15.9 Å². The fraction of sp³-hybridized carbons (Fsp3) is 0.300. The lowest BCUT2D eigenvalue weighted by Gasteiger charge is -2.19. The van der Waals surface area contributed by atoms with Crippen molar-refractivity contribution in [1.29, 1.82) is 0 Å². The number of carbonyl (C=O) groups excluding carboxylic acids is 2. The average molecular weight is 416 g/mol. The van der Waals surface area contributed by atoms with E-state index in [1.54, 1.807) is 11.9 Å². The van der Waals surface area contributed by atoms with Crippen molar-refractivity contribution in [2.24, 2.45) is 0 Å². The van der Waals surface area contributed by atoms with E-state index in [-0.39, 0.29) is 11.9 Å². The molecule has 2 aromatic carbocycles. The largest absolute Gasteiger partial charge is 0.338 e. The number of benzene rings is 2. The first-order valence-electron chi connectivity index (χ1n) is 8.64. The lowest BCUT2D eigenvalue weighted by atomic mass is 10.2. The maximum absolute atomic E-state index is 12.3. The van der Waals surface area contributed by atoms with Crippen LogP contribution in [0, 0.1) is 0 Å². The topological polar surface area (TPSA) is 52.7 Å². The van der Waals surface area contributed by atoms with Gasteiger partial charge in [-0.05, 0) is 41.8 Å². The summed E-state index contributed by atoms with van der Waals surface area (Å²) < 4.78 is 1.02. The number of nitrogens with one attached hydrogen (secondary N) is 1. The van der Waals surface area contributed by atoms with Crippen LogP contribution in [-0.2, 0) is 17.9 Å². The van der Waals surface area contributed by atoms with Crippen LogP contribution in [0.4, 0.5) is 10.5 Å². The molecule has 1 heterocycles. The molecule has 1 saturated heterocycles. The molecule has 3 rings (SSSR count). The van der Waals surface area contributed by atoms with Gasteiger partial charge in [0.25, 0.3) is 0 Å². The maximum atomic E-state index is 12.3. The Morgan fingerprint density at radius 1 is 1.12 bits per heavy atom. The number of likely N-dealkylation sites (tertiary alicyclic amines) is 1. The van der Waals surface area contributed by atoms with Crippen molar-refractivity contribution in [3.8, 4) is 0 Å². The Morgan fingerprint density at radius 3 is 2.38 bits per heavy atom. The minimum absolute atomic E-state index is 0.157. The van der Waals surface area contributed by atoms with Gasteiger partial charge >= 0.3 is 6.03 Å².